The van der Waals surface area contributed by atoms with Crippen LogP contribution in [0, 0.1) is 11.8 Å². The molecule has 292 valence electrons. The largest absolute Gasteiger partial charge is 0.310 e. The highest BCUT2D eigenvalue weighted by molar-refractivity contribution is 5.94. The van der Waals surface area contributed by atoms with Crippen molar-refractivity contribution in [2.75, 3.05) is 4.90 Å². The van der Waals surface area contributed by atoms with Gasteiger partial charge in [-0.3, -0.25) is 0 Å². The molecule has 3 unspecified atom stereocenters. The Morgan fingerprint density at radius 2 is 1.08 bits per heavy atom. The second kappa shape index (κ2) is 14.9. The van der Waals surface area contributed by atoms with Gasteiger partial charge in [0.25, 0.3) is 0 Å². The smallest absolute Gasteiger partial charge is 0.0465 e. The van der Waals surface area contributed by atoms with Gasteiger partial charge in [0.05, 0.1) is 0 Å². The Balaban J connectivity index is 0.967. The van der Waals surface area contributed by atoms with E-state index in [4.69, 9.17) is 0 Å². The van der Waals surface area contributed by atoms with Gasteiger partial charge < -0.3 is 4.90 Å². The first-order valence-electron chi connectivity index (χ1n) is 22.5. The first kappa shape index (κ1) is 36.4. The van der Waals surface area contributed by atoms with Gasteiger partial charge in [0.15, 0.2) is 0 Å². The van der Waals surface area contributed by atoms with Gasteiger partial charge in [0.1, 0.15) is 0 Å². The maximum atomic E-state index is 2.50. The molecular formula is C58H55N. The molecule has 7 aromatic carbocycles. The molecule has 0 aliphatic heterocycles. The summed E-state index contributed by atoms with van der Waals surface area (Å²) in [4.78, 5) is 2.50. The van der Waals surface area contributed by atoms with E-state index >= 15 is 0 Å². The van der Waals surface area contributed by atoms with E-state index in [1.807, 2.05) is 0 Å². The Morgan fingerprint density at radius 3 is 1.81 bits per heavy atom. The van der Waals surface area contributed by atoms with Crippen LogP contribution in [0.25, 0.3) is 44.5 Å². The molecule has 4 aliphatic rings. The highest BCUT2D eigenvalue weighted by Gasteiger charge is 2.40. The highest BCUT2D eigenvalue weighted by Crippen LogP contribution is 2.55. The van der Waals surface area contributed by atoms with E-state index in [1.165, 1.54) is 142 Å². The predicted molar refractivity (Wildman–Crippen MR) is 249 cm³/mol. The zero-order valence-corrected chi connectivity index (χ0v) is 34.7. The number of hydrogen-bond acceptors (Lipinski definition) is 1. The molecule has 0 radical (unpaired) electrons. The van der Waals surface area contributed by atoms with Crippen molar-refractivity contribution in [3.05, 3.63) is 186 Å². The van der Waals surface area contributed by atoms with Crippen LogP contribution in [0.1, 0.15) is 106 Å². The van der Waals surface area contributed by atoms with Crippen LogP contribution in [0.2, 0.25) is 0 Å². The van der Waals surface area contributed by atoms with Gasteiger partial charge in [-0.05, 0) is 159 Å². The monoisotopic (exact) mass is 765 g/mol. The molecule has 1 heteroatoms. The van der Waals surface area contributed by atoms with Gasteiger partial charge in [-0.25, -0.2) is 0 Å². The molecule has 3 saturated carbocycles. The average molecular weight is 766 g/mol. The maximum Gasteiger partial charge on any atom is 0.0465 e. The molecule has 0 saturated heterocycles. The summed E-state index contributed by atoms with van der Waals surface area (Å²) in [5.41, 5.74) is 19.7. The van der Waals surface area contributed by atoms with E-state index in [0.29, 0.717) is 5.92 Å². The van der Waals surface area contributed by atoms with Gasteiger partial charge in [0.2, 0.25) is 0 Å². The number of rotatable bonds is 8. The van der Waals surface area contributed by atoms with E-state index in [-0.39, 0.29) is 5.41 Å². The fourth-order valence-electron chi connectivity index (χ4n) is 11.8. The van der Waals surface area contributed by atoms with Crippen molar-refractivity contribution in [1.29, 1.82) is 0 Å². The molecule has 59 heavy (non-hydrogen) atoms. The van der Waals surface area contributed by atoms with E-state index in [0.717, 1.165) is 17.8 Å². The standard InChI is InChI=1S/C58H55N/c1-58(2)55-18-10-17-52(44-23-21-42(22-24-44)40-11-5-3-6-12-40)57(55)53-34-33-51(38-56(53)58)59(50-31-27-45(28-32-50)54-36-39-19-20-48(54)35-39)49-29-25-43(26-30-49)47-16-9-15-46(37-47)41-13-7-4-8-14-41/h3,5-6,9-12,15-18,21-34,37-39,41,48,54H,4,7-8,13-14,19-20,35-36H2,1-2H3. The molecule has 3 atom stereocenters. The van der Waals surface area contributed by atoms with Crippen LogP contribution in [-0.4, -0.2) is 0 Å². The topological polar surface area (TPSA) is 3.24 Å². The number of hydrogen-bond donors (Lipinski definition) is 0. The van der Waals surface area contributed by atoms with Crippen LogP contribution < -0.4 is 4.90 Å². The van der Waals surface area contributed by atoms with E-state index < -0.39 is 0 Å². The van der Waals surface area contributed by atoms with Crippen molar-refractivity contribution in [2.24, 2.45) is 11.8 Å². The summed E-state index contributed by atoms with van der Waals surface area (Å²) in [7, 11) is 0. The van der Waals surface area contributed by atoms with E-state index in [1.54, 1.807) is 0 Å². The molecule has 7 aromatic rings. The molecule has 4 aliphatic carbocycles. The average Bonchev–Trinajstić information content (AvgIpc) is 4.00. The summed E-state index contributed by atoms with van der Waals surface area (Å²) < 4.78 is 0. The van der Waals surface area contributed by atoms with Crippen LogP contribution >= 0.6 is 0 Å². The Morgan fingerprint density at radius 1 is 0.441 bits per heavy atom. The number of nitrogens with zero attached hydrogens (tertiary/aromatic N) is 1. The number of anilines is 3. The van der Waals surface area contributed by atoms with Crippen molar-refractivity contribution >= 4 is 17.1 Å². The third-order valence-electron chi connectivity index (χ3n) is 15.0. The van der Waals surface area contributed by atoms with Crippen LogP contribution in [0.15, 0.2) is 164 Å². The molecule has 0 spiro atoms. The molecule has 0 heterocycles. The minimum absolute atomic E-state index is 0.148. The zero-order valence-electron chi connectivity index (χ0n) is 34.7. The predicted octanol–water partition coefficient (Wildman–Crippen LogP) is 16.4. The SMILES string of the molecule is CC1(C)c2cc(N(c3ccc(-c4cccc(C5CCCCC5)c4)cc3)c3ccc(C4CC5CCC4C5)cc3)ccc2-c2c(-c3ccc(-c4ccccc4)cc3)cccc21. The van der Waals surface area contributed by atoms with Crippen LogP contribution in [0.4, 0.5) is 17.1 Å². The summed E-state index contributed by atoms with van der Waals surface area (Å²) in [5, 5.41) is 0. The fraction of sp³-hybridized carbons (Fsp3) is 0.276. The Kier molecular flexibility index (Phi) is 9.18. The van der Waals surface area contributed by atoms with Crippen molar-refractivity contribution in [3.63, 3.8) is 0 Å². The molecule has 0 amide bonds. The fourth-order valence-corrected chi connectivity index (χ4v) is 11.8. The van der Waals surface area contributed by atoms with Crippen molar-refractivity contribution in [2.45, 2.75) is 88.9 Å². The Hall–Kier alpha value is -5.66. The third-order valence-corrected chi connectivity index (χ3v) is 15.0. The van der Waals surface area contributed by atoms with Gasteiger partial charge in [-0.1, -0.05) is 167 Å². The summed E-state index contributed by atoms with van der Waals surface area (Å²) >= 11 is 0. The lowest BCUT2D eigenvalue weighted by atomic mass is 9.81. The van der Waals surface area contributed by atoms with Crippen molar-refractivity contribution < 1.29 is 0 Å². The second-order valence-corrected chi connectivity index (χ2v) is 18.7. The summed E-state index contributed by atoms with van der Waals surface area (Å²) in [6, 6.07) is 62.4. The van der Waals surface area contributed by atoms with Crippen LogP contribution in [-0.2, 0) is 5.41 Å². The molecule has 1 nitrogen and oxygen atoms in total. The Bertz CT molecular complexity index is 2610. The quantitative estimate of drug-likeness (QED) is 0.149. The van der Waals surface area contributed by atoms with Crippen molar-refractivity contribution in [1.82, 2.24) is 0 Å². The van der Waals surface area contributed by atoms with E-state index in [2.05, 4.69) is 183 Å². The lowest BCUT2D eigenvalue weighted by molar-refractivity contribution is 0.420. The first-order chi connectivity index (χ1) is 29.0. The van der Waals surface area contributed by atoms with Crippen LogP contribution in [0.5, 0.6) is 0 Å². The lowest BCUT2D eigenvalue weighted by Crippen LogP contribution is -2.16. The molecule has 0 aromatic heterocycles. The normalized spacial score (nSPS) is 20.3. The zero-order chi connectivity index (χ0) is 39.5. The molecular weight excluding hydrogens is 711 g/mol. The minimum atomic E-state index is -0.148. The molecule has 0 N–H and O–H groups in total. The lowest BCUT2D eigenvalue weighted by Gasteiger charge is -2.29. The molecule has 11 rings (SSSR count). The van der Waals surface area contributed by atoms with Gasteiger partial charge >= 0.3 is 0 Å². The Labute approximate surface area is 351 Å². The van der Waals surface area contributed by atoms with Crippen molar-refractivity contribution in [3.8, 4) is 44.5 Å². The second-order valence-electron chi connectivity index (χ2n) is 18.7. The summed E-state index contributed by atoms with van der Waals surface area (Å²) in [6.45, 7) is 4.82. The molecule has 2 bridgehead atoms. The maximum absolute atomic E-state index is 2.50. The summed E-state index contributed by atoms with van der Waals surface area (Å²) in [6.07, 6.45) is 12.4. The summed E-state index contributed by atoms with van der Waals surface area (Å²) in [5.74, 6) is 3.24. The minimum Gasteiger partial charge on any atom is -0.310 e. The first-order valence-corrected chi connectivity index (χ1v) is 22.5. The van der Waals surface area contributed by atoms with Gasteiger partial charge in [0, 0.05) is 22.5 Å². The molecule has 3 fully saturated rings. The van der Waals surface area contributed by atoms with Gasteiger partial charge in [-0.2, -0.15) is 0 Å². The number of fused-ring (bicyclic) bond motifs is 5. The number of benzene rings is 7. The highest BCUT2D eigenvalue weighted by atomic mass is 15.1. The van der Waals surface area contributed by atoms with Crippen LogP contribution in [0.3, 0.4) is 0 Å². The van der Waals surface area contributed by atoms with Gasteiger partial charge in [-0.15, -0.1) is 0 Å². The van der Waals surface area contributed by atoms with E-state index in [9.17, 15) is 0 Å². The third kappa shape index (κ3) is 6.55.